The molecule has 3 aromatic rings. The van der Waals surface area contributed by atoms with Crippen molar-refractivity contribution in [2.75, 3.05) is 11.8 Å². The van der Waals surface area contributed by atoms with Crippen molar-refractivity contribution < 1.29 is 22.5 Å². The molecule has 3 rings (SSSR count). The highest BCUT2D eigenvalue weighted by Gasteiger charge is 2.21. The Hall–Kier alpha value is -2.36. The number of aromatic nitrogens is 1. The predicted octanol–water partition coefficient (Wildman–Crippen LogP) is 3.95. The van der Waals surface area contributed by atoms with Gasteiger partial charge in [0, 0.05) is 11.1 Å². The summed E-state index contributed by atoms with van der Waals surface area (Å²) in [6.07, 6.45) is 0. The van der Waals surface area contributed by atoms with Gasteiger partial charge in [0.2, 0.25) is 0 Å². The number of esters is 1. The summed E-state index contributed by atoms with van der Waals surface area (Å²) in [5.74, 6) is -0.363. The van der Waals surface area contributed by atoms with Crippen molar-refractivity contribution in [1.29, 1.82) is 0 Å². The first-order valence-electron chi connectivity index (χ1n) is 7.24. The largest absolute Gasteiger partial charge is 0.464 e. The molecule has 0 aliphatic rings. The summed E-state index contributed by atoms with van der Waals surface area (Å²) >= 11 is 6.91. The van der Waals surface area contributed by atoms with E-state index in [9.17, 15) is 13.2 Å². The van der Waals surface area contributed by atoms with Crippen LogP contribution >= 0.6 is 22.9 Å². The van der Waals surface area contributed by atoms with Crippen LogP contribution in [0.2, 0.25) is 5.02 Å². The average molecular weight is 413 g/mol. The fourth-order valence-corrected chi connectivity index (χ4v) is 4.64. The number of carbonyl (C=O) groups excluding carboxylic acids is 1. The monoisotopic (exact) mass is 412 g/mol. The van der Waals surface area contributed by atoms with Gasteiger partial charge >= 0.3 is 5.97 Å². The molecule has 0 aliphatic carbocycles. The molecular weight excluding hydrogens is 400 g/mol. The van der Waals surface area contributed by atoms with Crippen LogP contribution in [0.5, 0.6) is 0 Å². The number of anilines is 1. The van der Waals surface area contributed by atoms with Crippen molar-refractivity contribution in [1.82, 2.24) is 5.16 Å². The lowest BCUT2D eigenvalue weighted by molar-refractivity contribution is 0.0589. The average Bonchev–Trinajstić information content (AvgIpc) is 3.26. The third kappa shape index (κ3) is 3.74. The number of nitrogens with zero attached hydrogens (tertiary/aromatic N) is 1. The Morgan fingerprint density at radius 2 is 2.04 bits per heavy atom. The van der Waals surface area contributed by atoms with Gasteiger partial charge < -0.3 is 9.26 Å². The summed E-state index contributed by atoms with van der Waals surface area (Å²) in [7, 11) is -2.57. The molecule has 0 unspecified atom stereocenters. The fourth-order valence-electron chi connectivity index (χ4n) is 2.09. The van der Waals surface area contributed by atoms with Crippen LogP contribution in [0.3, 0.4) is 0 Å². The van der Waals surface area contributed by atoms with E-state index in [-0.39, 0.29) is 15.7 Å². The van der Waals surface area contributed by atoms with E-state index in [0.717, 1.165) is 16.9 Å². The van der Waals surface area contributed by atoms with Crippen molar-refractivity contribution >= 4 is 44.6 Å². The number of nitrogens with one attached hydrogen (secondary N) is 1. The van der Waals surface area contributed by atoms with E-state index in [1.165, 1.54) is 19.2 Å². The van der Waals surface area contributed by atoms with Gasteiger partial charge in [-0.3, -0.25) is 4.72 Å². The van der Waals surface area contributed by atoms with Gasteiger partial charge in [0.15, 0.2) is 11.5 Å². The van der Waals surface area contributed by atoms with Gasteiger partial charge in [0.05, 0.1) is 17.7 Å². The van der Waals surface area contributed by atoms with Crippen molar-refractivity contribution in [3.8, 4) is 10.6 Å². The molecule has 10 heteroatoms. The van der Waals surface area contributed by atoms with Crippen LogP contribution in [0, 0.1) is 6.92 Å². The van der Waals surface area contributed by atoms with Crippen LogP contribution < -0.4 is 4.72 Å². The summed E-state index contributed by atoms with van der Waals surface area (Å²) in [4.78, 5) is 11.9. The second kappa shape index (κ2) is 7.10. The number of hydrogen-bond donors (Lipinski definition) is 1. The van der Waals surface area contributed by atoms with E-state index in [0.29, 0.717) is 15.6 Å². The van der Waals surface area contributed by atoms with E-state index >= 15 is 0 Å². The molecule has 7 nitrogen and oxygen atoms in total. The maximum Gasteiger partial charge on any atom is 0.360 e. The normalized spacial score (nSPS) is 11.3. The highest BCUT2D eigenvalue weighted by molar-refractivity contribution is 7.94. The maximum absolute atomic E-state index is 12.6. The number of aryl methyl sites for hydroxylation is 1. The van der Waals surface area contributed by atoms with Crippen LogP contribution in [-0.4, -0.2) is 26.7 Å². The van der Waals surface area contributed by atoms with E-state index < -0.39 is 16.0 Å². The molecule has 0 amide bonds. The van der Waals surface area contributed by atoms with Gasteiger partial charge in [-0.05, 0) is 36.8 Å². The quantitative estimate of drug-likeness (QED) is 0.637. The Morgan fingerprint density at radius 1 is 1.27 bits per heavy atom. The van der Waals surface area contributed by atoms with E-state index in [4.69, 9.17) is 16.1 Å². The molecule has 0 atom stereocenters. The molecule has 0 radical (unpaired) electrons. The SMILES string of the molecule is COC(=O)c1cc(-c2ccc(S(=O)(=O)Nc3cc(Cl)ccc3C)s2)on1. The summed E-state index contributed by atoms with van der Waals surface area (Å²) < 4.78 is 37.5. The topological polar surface area (TPSA) is 98.5 Å². The molecule has 26 heavy (non-hydrogen) atoms. The molecule has 1 N–H and O–H groups in total. The van der Waals surface area contributed by atoms with Gasteiger partial charge in [-0.15, -0.1) is 11.3 Å². The van der Waals surface area contributed by atoms with Crippen molar-refractivity contribution in [3.63, 3.8) is 0 Å². The predicted molar refractivity (Wildman–Crippen MR) is 98.2 cm³/mol. The molecule has 1 aromatic carbocycles. The number of rotatable bonds is 5. The first-order valence-corrected chi connectivity index (χ1v) is 9.92. The fraction of sp³-hybridized carbons (Fsp3) is 0.125. The third-order valence-electron chi connectivity index (χ3n) is 3.44. The van der Waals surface area contributed by atoms with E-state index in [2.05, 4.69) is 14.6 Å². The molecule has 0 saturated heterocycles. The van der Waals surface area contributed by atoms with Crippen LogP contribution in [-0.2, 0) is 14.8 Å². The highest BCUT2D eigenvalue weighted by atomic mass is 35.5. The molecule has 0 bridgehead atoms. The van der Waals surface area contributed by atoms with E-state index in [1.54, 1.807) is 31.2 Å². The summed E-state index contributed by atoms with van der Waals surface area (Å²) in [6.45, 7) is 1.77. The third-order valence-corrected chi connectivity index (χ3v) is 6.63. The second-order valence-corrected chi connectivity index (χ2v) is 8.68. The number of thiophene rings is 1. The van der Waals surface area contributed by atoms with Crippen molar-refractivity contribution in [2.24, 2.45) is 0 Å². The first-order chi connectivity index (χ1) is 12.3. The lowest BCUT2D eigenvalue weighted by Gasteiger charge is -2.09. The van der Waals surface area contributed by atoms with Crippen molar-refractivity contribution in [3.05, 3.63) is 52.7 Å². The maximum atomic E-state index is 12.6. The molecule has 0 spiro atoms. The molecule has 0 aliphatic heterocycles. The van der Waals surface area contributed by atoms with Crippen molar-refractivity contribution in [2.45, 2.75) is 11.1 Å². The van der Waals surface area contributed by atoms with Crippen LogP contribution in [0.15, 0.2) is 45.1 Å². The summed E-state index contributed by atoms with van der Waals surface area (Å²) in [5, 5.41) is 4.03. The number of halogens is 1. The minimum absolute atomic E-state index is 0.00739. The lowest BCUT2D eigenvalue weighted by Crippen LogP contribution is -2.12. The Balaban J connectivity index is 1.87. The van der Waals surface area contributed by atoms with Crippen LogP contribution in [0.4, 0.5) is 5.69 Å². The van der Waals surface area contributed by atoms with Gasteiger partial charge in [-0.2, -0.15) is 0 Å². The van der Waals surface area contributed by atoms with Gasteiger partial charge in [0.25, 0.3) is 10.0 Å². The summed E-state index contributed by atoms with van der Waals surface area (Å²) in [5.41, 5.74) is 1.15. The minimum atomic E-state index is -3.80. The van der Waals surface area contributed by atoms with Crippen LogP contribution in [0.1, 0.15) is 16.1 Å². The van der Waals surface area contributed by atoms with Gasteiger partial charge in [0.1, 0.15) is 4.21 Å². The number of ether oxygens (including phenoxy) is 1. The summed E-state index contributed by atoms with van der Waals surface area (Å²) in [6, 6.07) is 9.36. The smallest absolute Gasteiger partial charge is 0.360 e. The van der Waals surface area contributed by atoms with Gasteiger partial charge in [-0.25, -0.2) is 13.2 Å². The number of hydrogen-bond acceptors (Lipinski definition) is 7. The van der Waals surface area contributed by atoms with E-state index in [1.807, 2.05) is 0 Å². The zero-order valence-corrected chi connectivity index (χ0v) is 16.0. The van der Waals surface area contributed by atoms with Gasteiger partial charge in [-0.1, -0.05) is 22.8 Å². The lowest BCUT2D eigenvalue weighted by atomic mass is 10.2. The zero-order valence-electron chi connectivity index (χ0n) is 13.6. The number of sulfonamides is 1. The molecule has 2 aromatic heterocycles. The first kappa shape index (κ1) is 18.4. The number of carbonyl (C=O) groups is 1. The Labute approximate surface area is 158 Å². The standard InChI is InChI=1S/C16H13ClN2O5S2/c1-9-3-4-10(17)7-11(9)19-26(21,22)15-6-5-14(25-15)13-8-12(18-24-13)16(20)23-2/h3-8,19H,1-2H3. The number of methoxy groups -OCH3 is 1. The second-order valence-electron chi connectivity index (χ2n) is 5.25. The number of benzene rings is 1. The highest BCUT2D eigenvalue weighted by Crippen LogP contribution is 2.33. The zero-order chi connectivity index (χ0) is 18.9. The Kier molecular flexibility index (Phi) is 5.03. The molecule has 2 heterocycles. The molecular formula is C16H13ClN2O5S2. The minimum Gasteiger partial charge on any atom is -0.464 e. The molecule has 0 saturated carbocycles. The Morgan fingerprint density at radius 3 is 2.77 bits per heavy atom. The molecule has 136 valence electrons. The Bertz CT molecular complexity index is 1070. The molecule has 0 fully saturated rings. The van der Waals surface area contributed by atoms with Crippen LogP contribution in [0.25, 0.3) is 10.6 Å².